The number of fused-ring (bicyclic) bond motifs is 3. The van der Waals surface area contributed by atoms with E-state index in [1.54, 1.807) is 19.1 Å². The lowest BCUT2D eigenvalue weighted by atomic mass is 9.75. The van der Waals surface area contributed by atoms with Crippen molar-refractivity contribution >= 4 is 17.6 Å². The summed E-state index contributed by atoms with van der Waals surface area (Å²) in [6.07, 6.45) is 3.47. The molecule has 2 aromatic rings. The first-order valence-electron chi connectivity index (χ1n) is 9.60. The monoisotopic (exact) mass is 363 g/mol. The van der Waals surface area contributed by atoms with Crippen molar-refractivity contribution in [3.05, 3.63) is 64.7 Å². The highest BCUT2D eigenvalue weighted by Crippen LogP contribution is 2.55. The number of amides is 1. The molecule has 2 aromatic carbocycles. The molecule has 140 valence electrons. The Bertz CT molecular complexity index is 887. The van der Waals surface area contributed by atoms with Gasteiger partial charge in [0.25, 0.3) is 0 Å². The minimum Gasteiger partial charge on any atom is -0.465 e. The Morgan fingerprint density at radius 1 is 1.07 bits per heavy atom. The Morgan fingerprint density at radius 3 is 2.48 bits per heavy atom. The molecule has 27 heavy (non-hydrogen) atoms. The van der Waals surface area contributed by atoms with E-state index in [1.807, 2.05) is 17.0 Å². The van der Waals surface area contributed by atoms with Gasteiger partial charge in [-0.05, 0) is 60.9 Å². The fourth-order valence-electron chi connectivity index (χ4n) is 4.98. The number of hydrogen-bond donors (Lipinski definition) is 0. The first-order valence-corrected chi connectivity index (χ1v) is 9.60. The van der Waals surface area contributed by atoms with Crippen LogP contribution in [0.4, 0.5) is 5.69 Å². The number of anilines is 1. The third-order valence-corrected chi connectivity index (χ3v) is 6.11. The van der Waals surface area contributed by atoms with Crippen molar-refractivity contribution in [3.63, 3.8) is 0 Å². The van der Waals surface area contributed by atoms with E-state index in [2.05, 4.69) is 25.1 Å². The van der Waals surface area contributed by atoms with Gasteiger partial charge in [-0.1, -0.05) is 36.2 Å². The van der Waals surface area contributed by atoms with Crippen LogP contribution in [0.5, 0.6) is 0 Å². The van der Waals surface area contributed by atoms with E-state index in [9.17, 15) is 9.59 Å². The van der Waals surface area contributed by atoms with E-state index in [4.69, 9.17) is 4.74 Å². The minimum atomic E-state index is -0.340. The molecule has 1 amide bonds. The van der Waals surface area contributed by atoms with Crippen LogP contribution in [0.25, 0.3) is 0 Å². The highest BCUT2D eigenvalue weighted by atomic mass is 16.5. The second kappa shape index (κ2) is 6.84. The second-order valence-corrected chi connectivity index (χ2v) is 7.71. The van der Waals surface area contributed by atoms with Gasteiger partial charge in [-0.15, -0.1) is 0 Å². The van der Waals surface area contributed by atoms with Gasteiger partial charge in [-0.3, -0.25) is 4.79 Å². The summed E-state index contributed by atoms with van der Waals surface area (Å²) < 4.78 is 4.80. The maximum atomic E-state index is 12.7. The fraction of sp³-hybridized carbons (Fsp3) is 0.391. The van der Waals surface area contributed by atoms with Crippen molar-refractivity contribution in [3.8, 4) is 0 Å². The van der Waals surface area contributed by atoms with Crippen molar-refractivity contribution in [1.82, 2.24) is 0 Å². The number of benzene rings is 2. The smallest absolute Gasteiger partial charge is 0.337 e. The molecular weight excluding hydrogens is 338 g/mol. The summed E-state index contributed by atoms with van der Waals surface area (Å²) in [6.45, 7) is 3.76. The normalized spacial score (nSPS) is 23.5. The van der Waals surface area contributed by atoms with Gasteiger partial charge in [0, 0.05) is 12.6 Å². The molecule has 1 heterocycles. The standard InChI is InChI=1S/C23H25NO3/c1-14-7-12-21-20(13-14)18-5-4-6-19(18)22(24(21)15(2)25)16-8-10-17(11-9-16)23(26)27-3/h7-13,18-19,22H,4-6H2,1-3H3/t18-,19+,22+/m1/s1. The fourth-order valence-corrected chi connectivity index (χ4v) is 4.98. The summed E-state index contributed by atoms with van der Waals surface area (Å²) in [7, 11) is 1.39. The van der Waals surface area contributed by atoms with E-state index in [0.29, 0.717) is 17.4 Å². The largest absolute Gasteiger partial charge is 0.465 e. The number of carbonyl (C=O) groups excluding carboxylic acids is 2. The third-order valence-electron chi connectivity index (χ3n) is 6.11. The minimum absolute atomic E-state index is 0.0110. The molecule has 4 rings (SSSR count). The zero-order chi connectivity index (χ0) is 19.1. The number of esters is 1. The van der Waals surface area contributed by atoms with Crippen molar-refractivity contribution in [1.29, 1.82) is 0 Å². The van der Waals surface area contributed by atoms with Crippen LogP contribution in [0.15, 0.2) is 42.5 Å². The lowest BCUT2D eigenvalue weighted by molar-refractivity contribution is -0.117. The van der Waals surface area contributed by atoms with Gasteiger partial charge in [-0.2, -0.15) is 0 Å². The molecule has 3 atom stereocenters. The Kier molecular flexibility index (Phi) is 4.50. The van der Waals surface area contributed by atoms with E-state index >= 15 is 0 Å². The summed E-state index contributed by atoms with van der Waals surface area (Å²) in [6, 6.07) is 14.0. The summed E-state index contributed by atoms with van der Waals surface area (Å²) in [4.78, 5) is 26.4. The van der Waals surface area contributed by atoms with Crippen LogP contribution in [0.1, 0.15) is 65.2 Å². The van der Waals surface area contributed by atoms with Crippen molar-refractivity contribution < 1.29 is 14.3 Å². The van der Waals surface area contributed by atoms with Gasteiger partial charge in [0.05, 0.1) is 18.7 Å². The Balaban J connectivity index is 1.82. The van der Waals surface area contributed by atoms with E-state index in [0.717, 1.165) is 17.7 Å². The SMILES string of the molecule is COC(=O)c1ccc([C@H]2[C@H]3CCC[C@H]3c3cc(C)ccc3N2C(C)=O)cc1. The van der Waals surface area contributed by atoms with Gasteiger partial charge in [0.15, 0.2) is 0 Å². The first-order chi connectivity index (χ1) is 13.0. The number of rotatable bonds is 2. The maximum Gasteiger partial charge on any atom is 0.337 e. The Hall–Kier alpha value is -2.62. The molecule has 0 unspecified atom stereocenters. The van der Waals surface area contributed by atoms with Crippen molar-refractivity contribution in [2.75, 3.05) is 12.0 Å². The zero-order valence-corrected chi connectivity index (χ0v) is 16.1. The van der Waals surface area contributed by atoms with Crippen LogP contribution in [0, 0.1) is 12.8 Å². The molecule has 0 radical (unpaired) electrons. The predicted octanol–water partition coefficient (Wildman–Crippen LogP) is 4.77. The average molecular weight is 363 g/mol. The lowest BCUT2D eigenvalue weighted by Gasteiger charge is -2.44. The zero-order valence-electron chi connectivity index (χ0n) is 16.1. The van der Waals surface area contributed by atoms with E-state index in [1.165, 1.54) is 31.1 Å². The van der Waals surface area contributed by atoms with Crippen LogP contribution < -0.4 is 4.90 Å². The number of aryl methyl sites for hydroxylation is 1. The topological polar surface area (TPSA) is 46.6 Å². The number of methoxy groups -OCH3 is 1. The molecule has 4 heteroatoms. The van der Waals surface area contributed by atoms with Gasteiger partial charge >= 0.3 is 5.97 Å². The third kappa shape index (κ3) is 2.93. The maximum absolute atomic E-state index is 12.7. The summed E-state index contributed by atoms with van der Waals surface area (Å²) >= 11 is 0. The molecule has 0 saturated heterocycles. The molecule has 1 aliphatic heterocycles. The van der Waals surface area contributed by atoms with Crippen LogP contribution in [0.2, 0.25) is 0 Å². The van der Waals surface area contributed by atoms with Crippen LogP contribution in [-0.2, 0) is 9.53 Å². The highest BCUT2D eigenvalue weighted by molar-refractivity contribution is 5.94. The molecule has 2 aliphatic rings. The molecule has 1 aliphatic carbocycles. The second-order valence-electron chi connectivity index (χ2n) is 7.71. The molecule has 0 spiro atoms. The number of ether oxygens (including phenoxy) is 1. The van der Waals surface area contributed by atoms with E-state index in [-0.39, 0.29) is 17.9 Å². The van der Waals surface area contributed by atoms with Crippen LogP contribution in [-0.4, -0.2) is 19.0 Å². The highest BCUT2D eigenvalue weighted by Gasteiger charge is 2.45. The molecular formula is C23H25NO3. The van der Waals surface area contributed by atoms with Gasteiger partial charge in [0.1, 0.15) is 0 Å². The summed E-state index contributed by atoms with van der Waals surface area (Å²) in [5.74, 6) is 0.619. The van der Waals surface area contributed by atoms with Crippen molar-refractivity contribution in [2.24, 2.45) is 5.92 Å². The molecule has 0 N–H and O–H groups in total. The Labute approximate surface area is 160 Å². The predicted molar refractivity (Wildman–Crippen MR) is 105 cm³/mol. The molecule has 0 aromatic heterocycles. The Morgan fingerprint density at radius 2 is 1.81 bits per heavy atom. The number of hydrogen-bond acceptors (Lipinski definition) is 3. The lowest BCUT2D eigenvalue weighted by Crippen LogP contribution is -2.42. The van der Waals surface area contributed by atoms with Gasteiger partial charge < -0.3 is 9.64 Å². The molecule has 1 fully saturated rings. The van der Waals surface area contributed by atoms with Gasteiger partial charge in [0.2, 0.25) is 5.91 Å². The van der Waals surface area contributed by atoms with Gasteiger partial charge in [-0.25, -0.2) is 4.79 Å². The number of carbonyl (C=O) groups is 2. The quantitative estimate of drug-likeness (QED) is 0.722. The van der Waals surface area contributed by atoms with Crippen LogP contribution >= 0.6 is 0 Å². The molecule has 4 nitrogen and oxygen atoms in total. The first kappa shape index (κ1) is 17.8. The number of nitrogens with zero attached hydrogens (tertiary/aromatic N) is 1. The van der Waals surface area contributed by atoms with Crippen molar-refractivity contribution in [2.45, 2.75) is 45.1 Å². The summed E-state index contributed by atoms with van der Waals surface area (Å²) in [5, 5.41) is 0. The van der Waals surface area contributed by atoms with Crippen LogP contribution in [0.3, 0.4) is 0 Å². The molecule has 1 saturated carbocycles. The summed E-state index contributed by atoms with van der Waals surface area (Å²) in [5.41, 5.74) is 5.21. The van der Waals surface area contributed by atoms with E-state index < -0.39 is 0 Å². The molecule has 0 bridgehead atoms. The average Bonchev–Trinajstić information content (AvgIpc) is 3.16.